The normalized spacial score (nSPS) is 10.5. The van der Waals surface area contributed by atoms with E-state index in [1.807, 2.05) is 38.1 Å². The lowest BCUT2D eigenvalue weighted by atomic mass is 10.1. The number of hydrogen-bond acceptors (Lipinski definition) is 2. The third-order valence-electron chi connectivity index (χ3n) is 2.25. The molecule has 0 radical (unpaired) electrons. The molecule has 0 aromatic heterocycles. The van der Waals surface area contributed by atoms with Gasteiger partial charge in [-0.15, -0.1) is 0 Å². The first-order valence-corrected chi connectivity index (χ1v) is 5.00. The van der Waals surface area contributed by atoms with Crippen LogP contribution in [0.2, 0.25) is 0 Å². The fraction of sp³-hybridized carbons (Fsp3) is 0.231. The highest BCUT2D eigenvalue weighted by atomic mass is 16.1. The third-order valence-corrected chi connectivity index (χ3v) is 2.25. The maximum absolute atomic E-state index is 11.3. The number of allylic oxidation sites excluding steroid dienone is 1. The Labute approximate surface area is 90.1 Å². The lowest BCUT2D eigenvalue weighted by Gasteiger charge is -1.98. The smallest absolute Gasteiger partial charge is 0.199 e. The number of aryl methyl sites for hydroxylation is 1. The number of nitrogens with one attached hydrogen (secondary N) is 1. The van der Waals surface area contributed by atoms with Crippen molar-refractivity contribution in [2.45, 2.75) is 20.3 Å². The van der Waals surface area contributed by atoms with E-state index in [9.17, 15) is 4.79 Å². The monoisotopic (exact) mass is 201 g/mol. The van der Waals surface area contributed by atoms with Crippen molar-refractivity contribution < 1.29 is 4.79 Å². The van der Waals surface area contributed by atoms with Gasteiger partial charge in [0, 0.05) is 0 Å². The topological polar surface area (TPSA) is 40.9 Å². The quantitative estimate of drug-likeness (QED) is 0.590. The first-order chi connectivity index (χ1) is 7.15. The van der Waals surface area contributed by atoms with E-state index < -0.39 is 0 Å². The molecule has 0 amide bonds. The Hall–Kier alpha value is -1.70. The Morgan fingerprint density at radius 3 is 2.67 bits per heavy atom. The summed E-state index contributed by atoms with van der Waals surface area (Å²) in [6, 6.07) is 7.84. The summed E-state index contributed by atoms with van der Waals surface area (Å²) in [5.41, 5.74) is 2.30. The van der Waals surface area contributed by atoms with E-state index in [2.05, 4.69) is 0 Å². The second-order valence-electron chi connectivity index (χ2n) is 3.39. The summed E-state index contributed by atoms with van der Waals surface area (Å²) in [5, 5.41) is 7.36. The summed E-state index contributed by atoms with van der Waals surface area (Å²) in [6.07, 6.45) is 3.72. The van der Waals surface area contributed by atoms with Gasteiger partial charge in [0.1, 0.15) is 0 Å². The lowest BCUT2D eigenvalue weighted by molar-refractivity contribution is -0.109. The maximum Gasteiger partial charge on any atom is 0.199 e. The molecule has 0 atom stereocenters. The molecule has 1 aromatic rings. The van der Waals surface area contributed by atoms with Crippen molar-refractivity contribution in [2.24, 2.45) is 0 Å². The average Bonchev–Trinajstić information content (AvgIpc) is 2.26. The van der Waals surface area contributed by atoms with Gasteiger partial charge in [-0.05, 0) is 30.5 Å². The van der Waals surface area contributed by atoms with Gasteiger partial charge in [-0.2, -0.15) is 0 Å². The summed E-state index contributed by atoms with van der Waals surface area (Å²) < 4.78 is 0. The predicted octanol–water partition coefficient (Wildman–Crippen LogP) is 3.01. The highest BCUT2D eigenvalue weighted by Crippen LogP contribution is 2.08. The molecule has 1 N–H and O–H groups in total. The first-order valence-electron chi connectivity index (χ1n) is 5.00. The molecule has 0 unspecified atom stereocenters. The van der Waals surface area contributed by atoms with E-state index in [0.29, 0.717) is 6.42 Å². The van der Waals surface area contributed by atoms with Gasteiger partial charge < -0.3 is 5.41 Å². The van der Waals surface area contributed by atoms with E-state index in [0.717, 1.165) is 11.1 Å². The molecule has 0 bridgehead atoms. The zero-order valence-corrected chi connectivity index (χ0v) is 9.08. The third kappa shape index (κ3) is 3.17. The Morgan fingerprint density at radius 2 is 2.07 bits per heavy atom. The molecule has 0 aliphatic rings. The molecule has 0 heterocycles. The molecule has 0 spiro atoms. The van der Waals surface area contributed by atoms with Gasteiger partial charge >= 0.3 is 0 Å². The van der Waals surface area contributed by atoms with Crippen molar-refractivity contribution >= 4 is 17.6 Å². The zero-order valence-electron chi connectivity index (χ0n) is 9.08. The molecule has 15 heavy (non-hydrogen) atoms. The molecule has 1 rings (SSSR count). The minimum atomic E-state index is -0.208. The molecule has 1 aromatic carbocycles. The summed E-state index contributed by atoms with van der Waals surface area (Å²) in [6.45, 7) is 3.80. The Morgan fingerprint density at radius 1 is 1.40 bits per heavy atom. The second-order valence-corrected chi connectivity index (χ2v) is 3.39. The van der Waals surface area contributed by atoms with E-state index in [1.54, 1.807) is 6.08 Å². The average molecular weight is 201 g/mol. The number of rotatable bonds is 4. The molecule has 0 aliphatic heterocycles. The maximum atomic E-state index is 11.3. The highest BCUT2D eigenvalue weighted by Gasteiger charge is 2.01. The number of ketones is 1. The largest absolute Gasteiger partial charge is 0.301 e. The number of benzene rings is 1. The van der Waals surface area contributed by atoms with E-state index in [-0.39, 0.29) is 11.5 Å². The minimum absolute atomic E-state index is 0.153. The minimum Gasteiger partial charge on any atom is -0.301 e. The fourth-order valence-electron chi connectivity index (χ4n) is 1.21. The molecule has 78 valence electrons. The van der Waals surface area contributed by atoms with Gasteiger partial charge in [0.05, 0.1) is 5.71 Å². The molecule has 0 saturated carbocycles. The predicted molar refractivity (Wildman–Crippen MR) is 63.2 cm³/mol. The van der Waals surface area contributed by atoms with Crippen LogP contribution in [0.5, 0.6) is 0 Å². The van der Waals surface area contributed by atoms with Crippen LogP contribution in [0.1, 0.15) is 24.5 Å². The molecular weight excluding hydrogens is 186 g/mol. The van der Waals surface area contributed by atoms with Gasteiger partial charge in [-0.3, -0.25) is 4.79 Å². The standard InChI is InChI=1S/C13H15NO/c1-3-12(14)13(15)9-8-11-7-5-4-6-10(11)2/h4-9,14H,3H2,1-2H3/b9-8+,14-12?. The number of carbonyl (C=O) groups excluding carboxylic acids is 1. The van der Waals surface area contributed by atoms with Crippen molar-refractivity contribution in [2.75, 3.05) is 0 Å². The van der Waals surface area contributed by atoms with Crippen LogP contribution in [0.3, 0.4) is 0 Å². The van der Waals surface area contributed by atoms with Crippen molar-refractivity contribution in [3.63, 3.8) is 0 Å². The molecule has 0 fully saturated rings. The molecule has 0 aliphatic carbocycles. The Balaban J connectivity index is 2.78. The van der Waals surface area contributed by atoms with Crippen LogP contribution in [0.4, 0.5) is 0 Å². The van der Waals surface area contributed by atoms with Crippen molar-refractivity contribution in [1.82, 2.24) is 0 Å². The Kier molecular flexibility index (Phi) is 3.98. The SMILES string of the molecule is CCC(=N)C(=O)/C=C/c1ccccc1C. The van der Waals surface area contributed by atoms with Gasteiger partial charge in [0.15, 0.2) is 5.78 Å². The summed E-state index contributed by atoms with van der Waals surface area (Å²) in [7, 11) is 0. The number of hydrogen-bond donors (Lipinski definition) is 1. The molecule has 2 nitrogen and oxygen atoms in total. The zero-order chi connectivity index (χ0) is 11.3. The van der Waals surface area contributed by atoms with Gasteiger partial charge in [0.25, 0.3) is 0 Å². The van der Waals surface area contributed by atoms with Gasteiger partial charge in [-0.25, -0.2) is 0 Å². The lowest BCUT2D eigenvalue weighted by Crippen LogP contribution is -2.07. The fourth-order valence-corrected chi connectivity index (χ4v) is 1.21. The van der Waals surface area contributed by atoms with Crippen LogP contribution < -0.4 is 0 Å². The van der Waals surface area contributed by atoms with Crippen LogP contribution in [0, 0.1) is 12.3 Å². The van der Waals surface area contributed by atoms with E-state index in [1.165, 1.54) is 6.08 Å². The highest BCUT2D eigenvalue weighted by molar-refractivity contribution is 6.43. The van der Waals surface area contributed by atoms with Crippen molar-refractivity contribution in [1.29, 1.82) is 5.41 Å². The second kappa shape index (κ2) is 5.25. The van der Waals surface area contributed by atoms with Crippen molar-refractivity contribution in [3.05, 3.63) is 41.5 Å². The summed E-state index contributed by atoms with van der Waals surface area (Å²) in [4.78, 5) is 11.3. The molecule has 0 saturated heterocycles. The van der Waals surface area contributed by atoms with Gasteiger partial charge in [-0.1, -0.05) is 37.3 Å². The molecular formula is C13H15NO. The molecule has 2 heteroatoms. The van der Waals surface area contributed by atoms with Crippen LogP contribution in [0.25, 0.3) is 6.08 Å². The van der Waals surface area contributed by atoms with E-state index in [4.69, 9.17) is 5.41 Å². The van der Waals surface area contributed by atoms with Crippen molar-refractivity contribution in [3.8, 4) is 0 Å². The van der Waals surface area contributed by atoms with Gasteiger partial charge in [0.2, 0.25) is 0 Å². The first kappa shape index (κ1) is 11.4. The van der Waals surface area contributed by atoms with Crippen LogP contribution >= 0.6 is 0 Å². The number of carbonyl (C=O) groups is 1. The summed E-state index contributed by atoms with van der Waals surface area (Å²) in [5.74, 6) is -0.208. The van der Waals surface area contributed by atoms with Crippen LogP contribution in [0.15, 0.2) is 30.3 Å². The summed E-state index contributed by atoms with van der Waals surface area (Å²) >= 11 is 0. The Bertz CT molecular complexity index is 405. The van der Waals surface area contributed by atoms with Crippen LogP contribution in [-0.2, 0) is 4.79 Å². The van der Waals surface area contributed by atoms with Crippen LogP contribution in [-0.4, -0.2) is 11.5 Å². The van der Waals surface area contributed by atoms with E-state index >= 15 is 0 Å².